The number of amides is 1. The molecule has 3 heterocycles. The molecule has 106 valence electrons. The lowest BCUT2D eigenvalue weighted by molar-refractivity contribution is -0.119. The summed E-state index contributed by atoms with van der Waals surface area (Å²) >= 11 is 1.45. The summed E-state index contributed by atoms with van der Waals surface area (Å²) in [6, 6.07) is 5.92. The average Bonchev–Trinajstić information content (AvgIpc) is 3.12. The summed E-state index contributed by atoms with van der Waals surface area (Å²) in [6.45, 7) is 1.43. The molecule has 5 nitrogen and oxygen atoms in total. The Labute approximate surface area is 121 Å². The van der Waals surface area contributed by atoms with Crippen LogP contribution in [-0.2, 0) is 9.53 Å². The van der Waals surface area contributed by atoms with Crippen LogP contribution in [0, 0.1) is 0 Å². The second-order valence-electron chi connectivity index (χ2n) is 4.76. The van der Waals surface area contributed by atoms with Gasteiger partial charge < -0.3 is 10.1 Å². The SMILES string of the molecule is O=C(CSc1ncc2ccccn12)NCC1CCCO1. The Hall–Kier alpha value is -1.53. The molecule has 0 bridgehead atoms. The maximum absolute atomic E-state index is 11.8. The van der Waals surface area contributed by atoms with Gasteiger partial charge in [0, 0.05) is 19.3 Å². The molecule has 0 aromatic carbocycles. The number of fused-ring (bicyclic) bond motifs is 1. The van der Waals surface area contributed by atoms with E-state index in [0.29, 0.717) is 12.3 Å². The van der Waals surface area contributed by atoms with Crippen LogP contribution in [0.4, 0.5) is 0 Å². The van der Waals surface area contributed by atoms with Gasteiger partial charge in [-0.3, -0.25) is 9.20 Å². The van der Waals surface area contributed by atoms with Crippen molar-refractivity contribution in [2.24, 2.45) is 0 Å². The second kappa shape index (κ2) is 6.28. The van der Waals surface area contributed by atoms with Crippen molar-refractivity contribution in [3.8, 4) is 0 Å². The maximum Gasteiger partial charge on any atom is 0.230 e. The number of carbonyl (C=O) groups is 1. The van der Waals surface area contributed by atoms with Gasteiger partial charge in [-0.05, 0) is 25.0 Å². The third kappa shape index (κ3) is 3.13. The van der Waals surface area contributed by atoms with E-state index in [1.807, 2.05) is 35.0 Å². The van der Waals surface area contributed by atoms with Crippen molar-refractivity contribution >= 4 is 23.2 Å². The fourth-order valence-corrected chi connectivity index (χ4v) is 3.04. The van der Waals surface area contributed by atoms with Crippen molar-refractivity contribution < 1.29 is 9.53 Å². The smallest absolute Gasteiger partial charge is 0.230 e. The zero-order valence-electron chi connectivity index (χ0n) is 11.1. The highest BCUT2D eigenvalue weighted by atomic mass is 32.2. The minimum Gasteiger partial charge on any atom is -0.376 e. The Morgan fingerprint density at radius 3 is 3.35 bits per heavy atom. The number of aromatic nitrogens is 2. The molecule has 0 spiro atoms. The van der Waals surface area contributed by atoms with Gasteiger partial charge in [-0.1, -0.05) is 17.8 Å². The molecule has 1 fully saturated rings. The number of carbonyl (C=O) groups excluding carboxylic acids is 1. The summed E-state index contributed by atoms with van der Waals surface area (Å²) in [4.78, 5) is 16.1. The van der Waals surface area contributed by atoms with Gasteiger partial charge in [0.1, 0.15) is 0 Å². The number of thioether (sulfide) groups is 1. The second-order valence-corrected chi connectivity index (χ2v) is 5.71. The molecule has 1 amide bonds. The first-order valence-electron chi connectivity index (χ1n) is 6.76. The van der Waals surface area contributed by atoms with E-state index in [1.165, 1.54) is 11.8 Å². The number of hydrogen-bond donors (Lipinski definition) is 1. The third-order valence-corrected chi connectivity index (χ3v) is 4.25. The van der Waals surface area contributed by atoms with Crippen molar-refractivity contribution in [3.05, 3.63) is 30.6 Å². The molecule has 1 atom stereocenters. The Balaban J connectivity index is 1.49. The minimum atomic E-state index is 0.0261. The number of imidazole rings is 1. The molecule has 0 radical (unpaired) electrons. The van der Waals surface area contributed by atoms with E-state index in [1.54, 1.807) is 0 Å². The molecule has 1 saturated heterocycles. The van der Waals surface area contributed by atoms with Gasteiger partial charge in [-0.25, -0.2) is 4.98 Å². The zero-order chi connectivity index (χ0) is 13.8. The van der Waals surface area contributed by atoms with E-state index < -0.39 is 0 Å². The van der Waals surface area contributed by atoms with Crippen LogP contribution in [0.1, 0.15) is 12.8 Å². The van der Waals surface area contributed by atoms with Gasteiger partial charge in [0.05, 0.1) is 23.6 Å². The Morgan fingerprint density at radius 1 is 1.55 bits per heavy atom. The maximum atomic E-state index is 11.8. The van der Waals surface area contributed by atoms with Gasteiger partial charge in [-0.2, -0.15) is 0 Å². The summed E-state index contributed by atoms with van der Waals surface area (Å²) in [7, 11) is 0. The molecule has 1 aliphatic rings. The molecular formula is C14H17N3O2S. The number of ether oxygens (including phenoxy) is 1. The van der Waals surface area contributed by atoms with Crippen molar-refractivity contribution in [3.63, 3.8) is 0 Å². The molecule has 1 unspecified atom stereocenters. The van der Waals surface area contributed by atoms with Crippen molar-refractivity contribution in [1.82, 2.24) is 14.7 Å². The predicted octanol–water partition coefficient (Wildman–Crippen LogP) is 1.72. The minimum absolute atomic E-state index is 0.0261. The van der Waals surface area contributed by atoms with E-state index in [4.69, 9.17) is 4.74 Å². The average molecular weight is 291 g/mol. The Bertz CT molecular complexity index is 593. The molecule has 1 N–H and O–H groups in total. The summed E-state index contributed by atoms with van der Waals surface area (Å²) < 4.78 is 7.46. The number of nitrogens with one attached hydrogen (secondary N) is 1. The van der Waals surface area contributed by atoms with Crippen molar-refractivity contribution in [2.45, 2.75) is 24.1 Å². The molecule has 3 rings (SSSR count). The van der Waals surface area contributed by atoms with Crippen LogP contribution in [0.2, 0.25) is 0 Å². The highest BCUT2D eigenvalue weighted by Crippen LogP contribution is 2.18. The first kappa shape index (κ1) is 13.5. The summed E-state index contributed by atoms with van der Waals surface area (Å²) in [5.74, 6) is 0.402. The van der Waals surface area contributed by atoms with Crippen LogP contribution in [0.3, 0.4) is 0 Å². The van der Waals surface area contributed by atoms with E-state index in [2.05, 4.69) is 10.3 Å². The van der Waals surface area contributed by atoms with Crippen LogP contribution >= 0.6 is 11.8 Å². The lowest BCUT2D eigenvalue weighted by Gasteiger charge is -2.10. The first-order chi connectivity index (χ1) is 9.83. The molecular weight excluding hydrogens is 274 g/mol. The fourth-order valence-electron chi connectivity index (χ4n) is 2.24. The summed E-state index contributed by atoms with van der Waals surface area (Å²) in [6.07, 6.45) is 6.09. The van der Waals surface area contributed by atoms with E-state index >= 15 is 0 Å². The summed E-state index contributed by atoms with van der Waals surface area (Å²) in [5, 5.41) is 3.75. The monoisotopic (exact) mass is 291 g/mol. The summed E-state index contributed by atoms with van der Waals surface area (Å²) in [5.41, 5.74) is 1.04. The van der Waals surface area contributed by atoms with E-state index in [-0.39, 0.29) is 12.0 Å². The molecule has 0 saturated carbocycles. The van der Waals surface area contributed by atoms with Crippen LogP contribution in [0.15, 0.2) is 35.7 Å². The number of hydrogen-bond acceptors (Lipinski definition) is 4. The topological polar surface area (TPSA) is 55.6 Å². The molecule has 2 aromatic heterocycles. The normalized spacial score (nSPS) is 18.5. The highest BCUT2D eigenvalue weighted by Gasteiger charge is 2.16. The van der Waals surface area contributed by atoms with Crippen LogP contribution < -0.4 is 5.32 Å². The van der Waals surface area contributed by atoms with Crippen LogP contribution in [0.5, 0.6) is 0 Å². The molecule has 6 heteroatoms. The van der Waals surface area contributed by atoms with Gasteiger partial charge in [-0.15, -0.1) is 0 Å². The first-order valence-corrected chi connectivity index (χ1v) is 7.75. The number of rotatable bonds is 5. The van der Waals surface area contributed by atoms with Gasteiger partial charge in [0.2, 0.25) is 5.91 Å². The van der Waals surface area contributed by atoms with Crippen molar-refractivity contribution in [2.75, 3.05) is 18.9 Å². The van der Waals surface area contributed by atoms with Gasteiger partial charge in [0.25, 0.3) is 0 Å². The fraction of sp³-hybridized carbons (Fsp3) is 0.429. The third-order valence-electron chi connectivity index (χ3n) is 3.29. The molecule has 2 aromatic rings. The highest BCUT2D eigenvalue weighted by molar-refractivity contribution is 7.99. The van der Waals surface area contributed by atoms with Crippen LogP contribution in [0.25, 0.3) is 5.52 Å². The van der Waals surface area contributed by atoms with Crippen LogP contribution in [-0.4, -0.2) is 40.3 Å². The Morgan fingerprint density at radius 2 is 2.50 bits per heavy atom. The zero-order valence-corrected chi connectivity index (χ0v) is 11.9. The Kier molecular flexibility index (Phi) is 4.22. The van der Waals surface area contributed by atoms with Gasteiger partial charge in [0.15, 0.2) is 5.16 Å². The van der Waals surface area contributed by atoms with E-state index in [9.17, 15) is 4.79 Å². The quantitative estimate of drug-likeness (QED) is 0.852. The predicted molar refractivity (Wildman–Crippen MR) is 77.9 cm³/mol. The largest absolute Gasteiger partial charge is 0.376 e. The van der Waals surface area contributed by atoms with Gasteiger partial charge >= 0.3 is 0 Å². The molecule has 0 aliphatic carbocycles. The number of pyridine rings is 1. The standard InChI is InChI=1S/C14H17N3O2S/c18-13(15-9-12-5-3-7-19-12)10-20-14-16-8-11-4-1-2-6-17(11)14/h1-2,4,6,8,12H,3,5,7,9-10H2,(H,15,18). The van der Waals surface area contributed by atoms with Crippen molar-refractivity contribution in [1.29, 1.82) is 0 Å². The lowest BCUT2D eigenvalue weighted by Crippen LogP contribution is -2.32. The number of nitrogens with zero attached hydrogens (tertiary/aromatic N) is 2. The van der Waals surface area contributed by atoms with E-state index in [0.717, 1.165) is 30.1 Å². The molecule has 1 aliphatic heterocycles. The lowest BCUT2D eigenvalue weighted by atomic mass is 10.2. The molecule has 20 heavy (non-hydrogen) atoms.